The molecule has 2 aromatic rings. The number of carboxylic acid groups (broad SMARTS) is 1. The highest BCUT2D eigenvalue weighted by Crippen LogP contribution is 2.24. The van der Waals surface area contributed by atoms with Gasteiger partial charge in [0.15, 0.2) is 0 Å². The lowest BCUT2D eigenvalue weighted by Crippen LogP contribution is -2.07. The second-order valence-electron chi connectivity index (χ2n) is 3.85. The second kappa shape index (κ2) is 5.31. The Bertz CT molecular complexity index is 540. The number of ether oxygens (including phenoxy) is 1. The van der Waals surface area contributed by atoms with Crippen LogP contribution in [-0.2, 0) is 0 Å². The fourth-order valence-electron chi connectivity index (χ4n) is 1.62. The van der Waals surface area contributed by atoms with E-state index in [-0.39, 0.29) is 11.7 Å². The van der Waals surface area contributed by atoms with Crippen molar-refractivity contribution >= 4 is 5.97 Å². The highest BCUT2D eigenvalue weighted by molar-refractivity contribution is 5.90. The van der Waals surface area contributed by atoms with Gasteiger partial charge in [-0.05, 0) is 25.1 Å². The summed E-state index contributed by atoms with van der Waals surface area (Å²) >= 11 is 0. The number of pyridine rings is 1. The summed E-state index contributed by atoms with van der Waals surface area (Å²) in [4.78, 5) is 15.1. The molecule has 4 heteroatoms. The number of benzene rings is 1. The van der Waals surface area contributed by atoms with Gasteiger partial charge in [-0.1, -0.05) is 18.2 Å². The molecule has 0 spiro atoms. The van der Waals surface area contributed by atoms with Crippen LogP contribution in [0.3, 0.4) is 0 Å². The zero-order valence-corrected chi connectivity index (χ0v) is 9.91. The molecule has 2 rings (SSSR count). The molecule has 18 heavy (non-hydrogen) atoms. The number of hydrogen-bond acceptors (Lipinski definition) is 3. The summed E-state index contributed by atoms with van der Waals surface area (Å²) in [6.45, 7) is 1.86. The maximum absolute atomic E-state index is 11.0. The van der Waals surface area contributed by atoms with E-state index in [4.69, 9.17) is 9.84 Å². The SMILES string of the molecule is CC(Oc1ccccc1C(=O)O)c1cccnc1. The molecule has 0 aliphatic carbocycles. The predicted molar refractivity (Wildman–Crippen MR) is 66.7 cm³/mol. The van der Waals surface area contributed by atoms with Crippen molar-refractivity contribution < 1.29 is 14.6 Å². The first-order valence-electron chi connectivity index (χ1n) is 5.57. The average Bonchev–Trinajstić information content (AvgIpc) is 2.40. The summed E-state index contributed by atoms with van der Waals surface area (Å²) in [7, 11) is 0. The van der Waals surface area contributed by atoms with Crippen molar-refractivity contribution in [1.29, 1.82) is 0 Å². The molecule has 0 aliphatic heterocycles. The molecule has 0 aliphatic rings. The van der Waals surface area contributed by atoms with E-state index in [1.165, 1.54) is 6.07 Å². The first-order valence-corrected chi connectivity index (χ1v) is 5.57. The van der Waals surface area contributed by atoms with Gasteiger partial charge < -0.3 is 9.84 Å². The summed E-state index contributed by atoms with van der Waals surface area (Å²) in [5.41, 5.74) is 1.06. The number of para-hydroxylation sites is 1. The molecular weight excluding hydrogens is 230 g/mol. The minimum absolute atomic E-state index is 0.160. The van der Waals surface area contributed by atoms with E-state index >= 15 is 0 Å². The van der Waals surface area contributed by atoms with Crippen molar-refractivity contribution in [3.8, 4) is 5.75 Å². The number of nitrogens with zero attached hydrogens (tertiary/aromatic N) is 1. The van der Waals surface area contributed by atoms with Crippen LogP contribution in [0, 0.1) is 0 Å². The van der Waals surface area contributed by atoms with E-state index in [1.807, 2.05) is 19.1 Å². The molecule has 1 aromatic carbocycles. The molecule has 1 heterocycles. The summed E-state index contributed by atoms with van der Waals surface area (Å²) in [6, 6.07) is 10.3. The fourth-order valence-corrected chi connectivity index (χ4v) is 1.62. The summed E-state index contributed by atoms with van der Waals surface area (Å²) in [5, 5.41) is 9.06. The molecule has 0 fully saturated rings. The van der Waals surface area contributed by atoms with Crippen LogP contribution in [-0.4, -0.2) is 16.1 Å². The van der Waals surface area contributed by atoms with Crippen molar-refractivity contribution in [2.45, 2.75) is 13.0 Å². The molecular formula is C14H13NO3. The van der Waals surface area contributed by atoms with Crippen molar-refractivity contribution in [2.24, 2.45) is 0 Å². The van der Waals surface area contributed by atoms with Gasteiger partial charge in [0.25, 0.3) is 0 Å². The van der Waals surface area contributed by atoms with Crippen LogP contribution in [0.25, 0.3) is 0 Å². The monoisotopic (exact) mass is 243 g/mol. The summed E-state index contributed by atoms with van der Waals surface area (Å²) < 4.78 is 5.67. The number of rotatable bonds is 4. The smallest absolute Gasteiger partial charge is 0.339 e. The minimum atomic E-state index is -0.996. The third kappa shape index (κ3) is 2.66. The molecule has 1 atom stereocenters. The van der Waals surface area contributed by atoms with Crippen LogP contribution in [0.5, 0.6) is 5.75 Å². The van der Waals surface area contributed by atoms with E-state index in [0.29, 0.717) is 5.75 Å². The van der Waals surface area contributed by atoms with Crippen LogP contribution in [0.2, 0.25) is 0 Å². The van der Waals surface area contributed by atoms with Gasteiger partial charge in [-0.25, -0.2) is 4.79 Å². The third-order valence-corrected chi connectivity index (χ3v) is 2.58. The molecule has 1 aromatic heterocycles. The number of carboxylic acids is 1. The summed E-state index contributed by atoms with van der Waals surface area (Å²) in [6.07, 6.45) is 3.13. The Morgan fingerprint density at radius 3 is 2.72 bits per heavy atom. The molecule has 0 saturated heterocycles. The lowest BCUT2D eigenvalue weighted by Gasteiger charge is -2.16. The molecule has 0 saturated carbocycles. The highest BCUT2D eigenvalue weighted by Gasteiger charge is 2.14. The van der Waals surface area contributed by atoms with E-state index in [2.05, 4.69) is 4.98 Å². The second-order valence-corrected chi connectivity index (χ2v) is 3.85. The number of carbonyl (C=O) groups is 1. The first-order chi connectivity index (χ1) is 8.68. The van der Waals surface area contributed by atoms with Crippen molar-refractivity contribution in [3.05, 3.63) is 59.9 Å². The number of aromatic nitrogens is 1. The Morgan fingerprint density at radius 1 is 1.28 bits per heavy atom. The van der Waals surface area contributed by atoms with E-state index in [1.54, 1.807) is 30.6 Å². The van der Waals surface area contributed by atoms with Crippen molar-refractivity contribution in [2.75, 3.05) is 0 Å². The van der Waals surface area contributed by atoms with E-state index in [0.717, 1.165) is 5.56 Å². The normalized spacial score (nSPS) is 11.8. The highest BCUT2D eigenvalue weighted by atomic mass is 16.5. The maximum atomic E-state index is 11.0. The number of hydrogen-bond donors (Lipinski definition) is 1. The zero-order chi connectivity index (χ0) is 13.0. The van der Waals surface area contributed by atoms with Crippen molar-refractivity contribution in [3.63, 3.8) is 0 Å². The topological polar surface area (TPSA) is 59.4 Å². The predicted octanol–water partition coefficient (Wildman–Crippen LogP) is 2.92. The Labute approximate surface area is 105 Å². The third-order valence-electron chi connectivity index (χ3n) is 2.58. The quantitative estimate of drug-likeness (QED) is 0.896. The standard InChI is InChI=1S/C14H13NO3/c1-10(11-5-4-8-15-9-11)18-13-7-3-2-6-12(13)14(16)17/h2-10H,1H3,(H,16,17). The molecule has 1 N–H and O–H groups in total. The van der Waals surface area contributed by atoms with Gasteiger partial charge in [-0.2, -0.15) is 0 Å². The molecule has 0 bridgehead atoms. The van der Waals surface area contributed by atoms with Crippen molar-refractivity contribution in [1.82, 2.24) is 4.98 Å². The molecule has 92 valence electrons. The Hall–Kier alpha value is -2.36. The van der Waals surface area contributed by atoms with Gasteiger partial charge in [-0.3, -0.25) is 4.98 Å². The van der Waals surface area contributed by atoms with Gasteiger partial charge in [-0.15, -0.1) is 0 Å². The fraction of sp³-hybridized carbons (Fsp3) is 0.143. The molecule has 1 unspecified atom stereocenters. The lowest BCUT2D eigenvalue weighted by molar-refractivity contribution is 0.0689. The Kier molecular flexibility index (Phi) is 3.57. The zero-order valence-electron chi connectivity index (χ0n) is 9.91. The van der Waals surface area contributed by atoms with Gasteiger partial charge in [0, 0.05) is 18.0 Å². The van der Waals surface area contributed by atoms with Gasteiger partial charge in [0.05, 0.1) is 0 Å². The maximum Gasteiger partial charge on any atom is 0.339 e. The van der Waals surface area contributed by atoms with Gasteiger partial charge in [0.2, 0.25) is 0 Å². The van der Waals surface area contributed by atoms with Crippen LogP contribution in [0.1, 0.15) is 28.9 Å². The summed E-state index contributed by atoms with van der Waals surface area (Å²) in [5.74, 6) is -0.634. The van der Waals surface area contributed by atoms with E-state index < -0.39 is 5.97 Å². The largest absolute Gasteiger partial charge is 0.485 e. The van der Waals surface area contributed by atoms with Gasteiger partial charge in [0.1, 0.15) is 17.4 Å². The Balaban J connectivity index is 2.22. The van der Waals surface area contributed by atoms with Crippen LogP contribution in [0.15, 0.2) is 48.8 Å². The first kappa shape index (κ1) is 12.1. The van der Waals surface area contributed by atoms with E-state index in [9.17, 15) is 4.79 Å². The molecule has 0 radical (unpaired) electrons. The minimum Gasteiger partial charge on any atom is -0.485 e. The van der Waals surface area contributed by atoms with Crippen LogP contribution < -0.4 is 4.74 Å². The average molecular weight is 243 g/mol. The number of aromatic carboxylic acids is 1. The van der Waals surface area contributed by atoms with Gasteiger partial charge >= 0.3 is 5.97 Å². The molecule has 0 amide bonds. The van der Waals surface area contributed by atoms with Crippen LogP contribution >= 0.6 is 0 Å². The lowest BCUT2D eigenvalue weighted by atomic mass is 10.1. The molecule has 4 nitrogen and oxygen atoms in total. The van der Waals surface area contributed by atoms with Crippen LogP contribution in [0.4, 0.5) is 0 Å². The Morgan fingerprint density at radius 2 is 2.06 bits per heavy atom.